The molecule has 0 saturated carbocycles. The standard InChI is InChI=1S/C6H9ClO4/c7-4-6(3-5(8)9)10-1-2-11-6/h1-4H2,(H,8,9). The third-order valence-electron chi connectivity index (χ3n) is 1.44. The van der Waals surface area contributed by atoms with Gasteiger partial charge in [-0.25, -0.2) is 0 Å². The largest absolute Gasteiger partial charge is 0.481 e. The van der Waals surface area contributed by atoms with E-state index in [4.69, 9.17) is 26.2 Å². The van der Waals surface area contributed by atoms with Crippen LogP contribution in [0.3, 0.4) is 0 Å². The molecule has 0 aromatic carbocycles. The molecule has 1 heterocycles. The normalized spacial score (nSPS) is 21.9. The van der Waals surface area contributed by atoms with Gasteiger partial charge in [-0.2, -0.15) is 0 Å². The first kappa shape index (κ1) is 8.77. The zero-order valence-corrected chi connectivity index (χ0v) is 6.63. The number of alkyl halides is 1. The Labute approximate surface area is 69.0 Å². The third kappa shape index (κ3) is 2.05. The predicted octanol–water partition coefficient (Wildman–Crippen LogP) is 0.443. The zero-order valence-electron chi connectivity index (χ0n) is 5.88. The van der Waals surface area contributed by atoms with Gasteiger partial charge in [-0.05, 0) is 0 Å². The van der Waals surface area contributed by atoms with Gasteiger partial charge in [0.2, 0.25) is 0 Å². The van der Waals surface area contributed by atoms with Crippen molar-refractivity contribution >= 4 is 17.6 Å². The molecule has 1 N–H and O–H groups in total. The van der Waals surface area contributed by atoms with Crippen LogP contribution < -0.4 is 0 Å². The van der Waals surface area contributed by atoms with E-state index in [0.29, 0.717) is 13.2 Å². The van der Waals surface area contributed by atoms with Crippen molar-refractivity contribution in [2.24, 2.45) is 0 Å². The molecule has 11 heavy (non-hydrogen) atoms. The summed E-state index contributed by atoms with van der Waals surface area (Å²) in [4.78, 5) is 10.3. The molecule has 0 radical (unpaired) electrons. The molecule has 0 aliphatic carbocycles. The lowest BCUT2D eigenvalue weighted by molar-refractivity contribution is -0.168. The van der Waals surface area contributed by atoms with E-state index < -0.39 is 11.8 Å². The molecule has 1 aliphatic rings. The van der Waals surface area contributed by atoms with E-state index in [2.05, 4.69) is 0 Å². The Morgan fingerprint density at radius 3 is 2.45 bits per heavy atom. The van der Waals surface area contributed by atoms with Crippen LogP contribution in [0.4, 0.5) is 0 Å². The number of ether oxygens (including phenoxy) is 2. The van der Waals surface area contributed by atoms with Crippen LogP contribution >= 0.6 is 11.6 Å². The van der Waals surface area contributed by atoms with Crippen LogP contribution in [0.25, 0.3) is 0 Å². The number of aliphatic carboxylic acids is 1. The molecule has 1 fully saturated rings. The molecule has 0 aromatic heterocycles. The summed E-state index contributed by atoms with van der Waals surface area (Å²) >= 11 is 5.50. The number of hydrogen-bond donors (Lipinski definition) is 1. The fourth-order valence-electron chi connectivity index (χ4n) is 0.954. The number of carboxylic acid groups (broad SMARTS) is 1. The van der Waals surface area contributed by atoms with Gasteiger partial charge in [-0.15, -0.1) is 11.6 Å². The second kappa shape index (κ2) is 3.38. The summed E-state index contributed by atoms with van der Waals surface area (Å²) in [6.07, 6.45) is -0.198. The maximum absolute atomic E-state index is 10.3. The van der Waals surface area contributed by atoms with Crippen molar-refractivity contribution in [3.05, 3.63) is 0 Å². The molecule has 4 nitrogen and oxygen atoms in total. The molecule has 1 rings (SSSR count). The van der Waals surface area contributed by atoms with Crippen molar-refractivity contribution in [2.75, 3.05) is 19.1 Å². The van der Waals surface area contributed by atoms with Gasteiger partial charge in [0.05, 0.1) is 19.1 Å². The van der Waals surface area contributed by atoms with Gasteiger partial charge in [0.25, 0.3) is 0 Å². The minimum Gasteiger partial charge on any atom is -0.481 e. The van der Waals surface area contributed by atoms with Crippen molar-refractivity contribution in [3.8, 4) is 0 Å². The van der Waals surface area contributed by atoms with Crippen molar-refractivity contribution in [3.63, 3.8) is 0 Å². The topological polar surface area (TPSA) is 55.8 Å². The van der Waals surface area contributed by atoms with Crippen molar-refractivity contribution in [1.82, 2.24) is 0 Å². The summed E-state index contributed by atoms with van der Waals surface area (Å²) in [5.41, 5.74) is 0. The average Bonchev–Trinajstić information content (AvgIpc) is 2.36. The molecule has 5 heteroatoms. The molecule has 1 aliphatic heterocycles. The van der Waals surface area contributed by atoms with Crippen LogP contribution in [0.1, 0.15) is 6.42 Å². The van der Waals surface area contributed by atoms with Gasteiger partial charge in [0.15, 0.2) is 5.79 Å². The number of carboxylic acids is 1. The highest BCUT2D eigenvalue weighted by Crippen LogP contribution is 2.24. The Hall–Kier alpha value is -0.320. The highest BCUT2D eigenvalue weighted by molar-refractivity contribution is 6.18. The summed E-state index contributed by atoms with van der Waals surface area (Å²) in [6, 6.07) is 0. The van der Waals surface area contributed by atoms with E-state index in [1.807, 2.05) is 0 Å². The molecule has 0 amide bonds. The monoisotopic (exact) mass is 180 g/mol. The summed E-state index contributed by atoms with van der Waals surface area (Å²) in [5, 5.41) is 8.45. The summed E-state index contributed by atoms with van der Waals surface area (Å²) < 4.78 is 10.1. The minimum absolute atomic E-state index is 0.0549. The van der Waals surface area contributed by atoms with E-state index in [9.17, 15) is 4.79 Å². The average molecular weight is 181 g/mol. The lowest BCUT2D eigenvalue weighted by Crippen LogP contribution is -2.35. The maximum Gasteiger partial charge on any atom is 0.308 e. The SMILES string of the molecule is O=C(O)CC1(CCl)OCCO1. The second-order valence-corrected chi connectivity index (χ2v) is 2.58. The van der Waals surface area contributed by atoms with E-state index in [0.717, 1.165) is 0 Å². The van der Waals surface area contributed by atoms with Crippen LogP contribution in [-0.4, -0.2) is 36.0 Å². The first-order valence-electron chi connectivity index (χ1n) is 3.24. The Morgan fingerprint density at radius 1 is 1.55 bits per heavy atom. The quantitative estimate of drug-likeness (QED) is 0.641. The van der Waals surface area contributed by atoms with Crippen LogP contribution in [0.2, 0.25) is 0 Å². The predicted molar refractivity (Wildman–Crippen MR) is 37.6 cm³/mol. The fraction of sp³-hybridized carbons (Fsp3) is 0.833. The van der Waals surface area contributed by atoms with Gasteiger partial charge >= 0.3 is 5.97 Å². The molecule has 0 bridgehead atoms. The number of rotatable bonds is 3. The van der Waals surface area contributed by atoms with Crippen LogP contribution in [0.5, 0.6) is 0 Å². The first-order chi connectivity index (χ1) is 5.18. The molecule has 64 valence electrons. The van der Waals surface area contributed by atoms with Gasteiger partial charge in [0, 0.05) is 0 Å². The van der Waals surface area contributed by atoms with E-state index in [1.54, 1.807) is 0 Å². The third-order valence-corrected chi connectivity index (χ3v) is 1.84. The molecular formula is C6H9ClO4. The van der Waals surface area contributed by atoms with Gasteiger partial charge < -0.3 is 14.6 Å². The van der Waals surface area contributed by atoms with Gasteiger partial charge in [0.1, 0.15) is 6.42 Å². The molecule has 0 spiro atoms. The van der Waals surface area contributed by atoms with Crippen molar-refractivity contribution in [1.29, 1.82) is 0 Å². The lowest BCUT2D eigenvalue weighted by atomic mass is 10.2. The number of hydrogen-bond acceptors (Lipinski definition) is 3. The van der Waals surface area contributed by atoms with E-state index >= 15 is 0 Å². The molecule has 0 aromatic rings. The Morgan fingerprint density at radius 2 is 2.09 bits per heavy atom. The zero-order chi connectivity index (χ0) is 8.32. The van der Waals surface area contributed by atoms with Gasteiger partial charge in [-0.3, -0.25) is 4.79 Å². The Bertz CT molecular complexity index is 153. The minimum atomic E-state index is -1.08. The molecule has 0 unspecified atom stereocenters. The smallest absolute Gasteiger partial charge is 0.308 e. The van der Waals surface area contributed by atoms with E-state index in [1.165, 1.54) is 0 Å². The Balaban J connectivity index is 2.52. The van der Waals surface area contributed by atoms with Crippen LogP contribution in [0, 0.1) is 0 Å². The maximum atomic E-state index is 10.3. The number of halogens is 1. The lowest BCUT2D eigenvalue weighted by Gasteiger charge is -2.21. The first-order valence-corrected chi connectivity index (χ1v) is 3.78. The van der Waals surface area contributed by atoms with Crippen molar-refractivity contribution < 1.29 is 19.4 Å². The van der Waals surface area contributed by atoms with Gasteiger partial charge in [-0.1, -0.05) is 0 Å². The highest BCUT2D eigenvalue weighted by atomic mass is 35.5. The summed E-state index contributed by atoms with van der Waals surface area (Å²) in [5.74, 6) is -1.99. The summed E-state index contributed by atoms with van der Waals surface area (Å²) in [7, 11) is 0. The molecular weight excluding hydrogens is 172 g/mol. The van der Waals surface area contributed by atoms with Crippen LogP contribution in [0.15, 0.2) is 0 Å². The Kier molecular flexibility index (Phi) is 2.70. The second-order valence-electron chi connectivity index (χ2n) is 2.31. The highest BCUT2D eigenvalue weighted by Gasteiger charge is 2.38. The van der Waals surface area contributed by atoms with Crippen molar-refractivity contribution in [2.45, 2.75) is 12.2 Å². The summed E-state index contributed by atoms with van der Waals surface area (Å²) in [6.45, 7) is 0.833. The van der Waals surface area contributed by atoms with E-state index in [-0.39, 0.29) is 12.3 Å². The fourth-order valence-corrected chi connectivity index (χ4v) is 1.20. The number of carbonyl (C=O) groups is 1. The van der Waals surface area contributed by atoms with Crippen LogP contribution in [-0.2, 0) is 14.3 Å². The molecule has 1 saturated heterocycles. The molecule has 0 atom stereocenters.